The van der Waals surface area contributed by atoms with Gasteiger partial charge in [-0.1, -0.05) is 96.8 Å². The fraction of sp³-hybridized carbons (Fsp3) is 0.917. The lowest BCUT2D eigenvalue weighted by atomic mass is 10.0. The van der Waals surface area contributed by atoms with Crippen molar-refractivity contribution in [1.29, 1.82) is 0 Å². The van der Waals surface area contributed by atoms with Crippen molar-refractivity contribution in [1.82, 2.24) is 0 Å². The van der Waals surface area contributed by atoms with E-state index in [1.165, 1.54) is 70.6 Å². The van der Waals surface area contributed by atoms with Gasteiger partial charge in [0.05, 0.1) is 5.92 Å². The number of rotatable bonds is 20. The predicted octanol–water partition coefficient (Wildman–Crippen LogP) is 7.06. The van der Waals surface area contributed by atoms with Gasteiger partial charge in [-0.3, -0.25) is 9.59 Å². The molecule has 2 N–H and O–H groups in total. The molecule has 1 aliphatic carbocycles. The molecule has 4 heteroatoms. The smallest absolute Gasteiger partial charge is 0.307 e. The lowest BCUT2D eigenvalue weighted by Crippen LogP contribution is -2.00. The molecule has 0 aromatic rings. The van der Waals surface area contributed by atoms with Crippen LogP contribution in [0.25, 0.3) is 0 Å². The van der Waals surface area contributed by atoms with E-state index in [1.807, 2.05) is 0 Å². The Bertz CT molecular complexity index is 421. The van der Waals surface area contributed by atoms with Gasteiger partial charge in [0.15, 0.2) is 0 Å². The van der Waals surface area contributed by atoms with Crippen LogP contribution < -0.4 is 0 Å². The average Bonchev–Trinajstić information content (AvgIpc) is 3.35. The van der Waals surface area contributed by atoms with E-state index >= 15 is 0 Å². The molecule has 28 heavy (non-hydrogen) atoms. The molecular weight excluding hydrogens is 352 g/mol. The third-order valence-corrected chi connectivity index (χ3v) is 6.44. The van der Waals surface area contributed by atoms with Crippen LogP contribution in [-0.4, -0.2) is 22.2 Å². The van der Waals surface area contributed by atoms with Crippen molar-refractivity contribution in [2.75, 3.05) is 0 Å². The normalized spacial score (nSPS) is 21.0. The molecule has 0 saturated heterocycles. The van der Waals surface area contributed by atoms with Gasteiger partial charge < -0.3 is 10.2 Å². The van der Waals surface area contributed by atoms with Gasteiger partial charge in [-0.05, 0) is 31.1 Å². The maximum atomic E-state index is 11.4. The molecule has 4 nitrogen and oxygen atoms in total. The van der Waals surface area contributed by atoms with Crippen molar-refractivity contribution in [3.8, 4) is 0 Å². The predicted molar refractivity (Wildman–Crippen MR) is 115 cm³/mol. The summed E-state index contributed by atoms with van der Waals surface area (Å²) in [5.74, 6) is -0.665. The minimum atomic E-state index is -0.722. The van der Waals surface area contributed by atoms with E-state index in [0.717, 1.165) is 38.5 Å². The molecule has 0 aromatic carbocycles. The fourth-order valence-electron chi connectivity index (χ4n) is 4.65. The van der Waals surface area contributed by atoms with Gasteiger partial charge in [0.2, 0.25) is 0 Å². The number of hydrogen-bond donors (Lipinski definition) is 2. The highest BCUT2D eigenvalue weighted by Gasteiger charge is 2.53. The maximum Gasteiger partial charge on any atom is 0.307 e. The van der Waals surface area contributed by atoms with Crippen LogP contribution in [0.15, 0.2) is 0 Å². The summed E-state index contributed by atoms with van der Waals surface area (Å²) in [5, 5.41) is 18.0. The number of carbonyl (C=O) groups is 2. The van der Waals surface area contributed by atoms with E-state index in [2.05, 4.69) is 6.92 Å². The lowest BCUT2D eigenvalue weighted by molar-refractivity contribution is -0.139. The molecule has 3 unspecified atom stereocenters. The zero-order chi connectivity index (χ0) is 20.6. The largest absolute Gasteiger partial charge is 0.481 e. The fourth-order valence-corrected chi connectivity index (χ4v) is 4.65. The molecule has 0 spiro atoms. The average molecular weight is 397 g/mol. The van der Waals surface area contributed by atoms with Gasteiger partial charge in [-0.15, -0.1) is 0 Å². The molecule has 0 aromatic heterocycles. The van der Waals surface area contributed by atoms with Gasteiger partial charge in [-0.2, -0.15) is 0 Å². The minimum Gasteiger partial charge on any atom is -0.481 e. The van der Waals surface area contributed by atoms with Crippen molar-refractivity contribution in [2.24, 2.45) is 17.8 Å². The van der Waals surface area contributed by atoms with E-state index < -0.39 is 11.9 Å². The second-order valence-corrected chi connectivity index (χ2v) is 8.86. The first kappa shape index (κ1) is 25.0. The van der Waals surface area contributed by atoms with Gasteiger partial charge in [-0.25, -0.2) is 0 Å². The topological polar surface area (TPSA) is 74.6 Å². The summed E-state index contributed by atoms with van der Waals surface area (Å²) in [5.41, 5.74) is 0. The number of carboxylic acids is 2. The Balaban J connectivity index is 1.98. The quantitative estimate of drug-likeness (QED) is 0.216. The highest BCUT2D eigenvalue weighted by Crippen LogP contribution is 2.52. The van der Waals surface area contributed by atoms with Gasteiger partial charge in [0.25, 0.3) is 0 Å². The molecule has 1 rings (SSSR count). The standard InChI is InChI=1S/C24H44O4/c1-2-3-4-5-6-7-8-9-10-11-14-17-20-21(23(20)24(27)28)18-15-12-13-16-19-22(25)26/h20-21,23H,2-19H2,1H3,(H,25,26)(H,27,28). The Hall–Kier alpha value is -1.06. The van der Waals surface area contributed by atoms with E-state index in [4.69, 9.17) is 5.11 Å². The summed E-state index contributed by atoms with van der Waals surface area (Å²) in [7, 11) is 0. The summed E-state index contributed by atoms with van der Waals surface area (Å²) in [6.45, 7) is 2.26. The summed E-state index contributed by atoms with van der Waals surface area (Å²) in [6.07, 6.45) is 20.8. The van der Waals surface area contributed by atoms with Crippen molar-refractivity contribution < 1.29 is 19.8 Å². The first-order valence-electron chi connectivity index (χ1n) is 12.0. The zero-order valence-corrected chi connectivity index (χ0v) is 18.2. The number of carboxylic acid groups (broad SMARTS) is 2. The molecule has 0 aliphatic heterocycles. The molecule has 3 atom stereocenters. The minimum absolute atomic E-state index is 0.109. The Kier molecular flexibility index (Phi) is 14.1. The zero-order valence-electron chi connectivity index (χ0n) is 18.2. The second-order valence-electron chi connectivity index (χ2n) is 8.86. The molecule has 0 heterocycles. The summed E-state index contributed by atoms with van der Waals surface area (Å²) in [6, 6.07) is 0. The third-order valence-electron chi connectivity index (χ3n) is 6.44. The van der Waals surface area contributed by atoms with Gasteiger partial charge >= 0.3 is 11.9 Å². The summed E-state index contributed by atoms with van der Waals surface area (Å²) in [4.78, 5) is 21.9. The Morgan fingerprint density at radius 1 is 0.607 bits per heavy atom. The first-order valence-corrected chi connectivity index (χ1v) is 12.0. The van der Waals surface area contributed by atoms with Crippen LogP contribution in [0.2, 0.25) is 0 Å². The first-order chi connectivity index (χ1) is 13.6. The van der Waals surface area contributed by atoms with E-state index in [1.54, 1.807) is 0 Å². The van der Waals surface area contributed by atoms with Crippen molar-refractivity contribution >= 4 is 11.9 Å². The maximum absolute atomic E-state index is 11.4. The highest BCUT2D eigenvalue weighted by atomic mass is 16.4. The van der Waals surface area contributed by atoms with Gasteiger partial charge in [0, 0.05) is 6.42 Å². The number of unbranched alkanes of at least 4 members (excludes halogenated alkanes) is 13. The number of aliphatic carboxylic acids is 2. The van der Waals surface area contributed by atoms with Crippen LogP contribution in [0.5, 0.6) is 0 Å². The third kappa shape index (κ3) is 11.7. The Morgan fingerprint density at radius 2 is 1.00 bits per heavy atom. The molecule has 0 bridgehead atoms. The number of hydrogen-bond acceptors (Lipinski definition) is 2. The SMILES string of the molecule is CCCCCCCCCCCCCC1C(CCCCCCC(=O)O)C1C(=O)O. The Labute approximate surface area is 172 Å². The van der Waals surface area contributed by atoms with Gasteiger partial charge in [0.1, 0.15) is 0 Å². The molecule has 164 valence electrons. The van der Waals surface area contributed by atoms with Crippen molar-refractivity contribution in [3.63, 3.8) is 0 Å². The van der Waals surface area contributed by atoms with Crippen LogP contribution in [-0.2, 0) is 9.59 Å². The lowest BCUT2D eigenvalue weighted by Gasteiger charge is -2.03. The molecule has 1 saturated carbocycles. The van der Waals surface area contributed by atoms with Crippen molar-refractivity contribution in [2.45, 2.75) is 122 Å². The van der Waals surface area contributed by atoms with E-state index in [9.17, 15) is 14.7 Å². The monoisotopic (exact) mass is 396 g/mol. The Morgan fingerprint density at radius 3 is 1.39 bits per heavy atom. The van der Waals surface area contributed by atoms with Crippen LogP contribution in [0.3, 0.4) is 0 Å². The highest BCUT2D eigenvalue weighted by molar-refractivity contribution is 5.74. The summed E-state index contributed by atoms with van der Waals surface area (Å²) < 4.78 is 0. The van der Waals surface area contributed by atoms with Crippen LogP contribution >= 0.6 is 0 Å². The summed E-state index contributed by atoms with van der Waals surface area (Å²) >= 11 is 0. The van der Waals surface area contributed by atoms with Crippen LogP contribution in [0, 0.1) is 17.8 Å². The van der Waals surface area contributed by atoms with E-state index in [0.29, 0.717) is 11.8 Å². The van der Waals surface area contributed by atoms with Crippen molar-refractivity contribution in [3.05, 3.63) is 0 Å². The molecule has 0 amide bonds. The molecule has 0 radical (unpaired) electrons. The molecular formula is C24H44O4. The van der Waals surface area contributed by atoms with Crippen LogP contribution in [0.1, 0.15) is 122 Å². The van der Waals surface area contributed by atoms with E-state index in [-0.39, 0.29) is 12.3 Å². The second kappa shape index (κ2) is 15.8. The van der Waals surface area contributed by atoms with Crippen LogP contribution in [0.4, 0.5) is 0 Å². The molecule has 1 fully saturated rings. The molecule has 1 aliphatic rings.